The van der Waals surface area contributed by atoms with E-state index >= 15 is 0 Å². The Morgan fingerprint density at radius 2 is 1.82 bits per heavy atom. The first-order valence-corrected chi connectivity index (χ1v) is 7.35. The van der Waals surface area contributed by atoms with Gasteiger partial charge in [-0.15, -0.1) is 0 Å². The number of carbonyl (C=O) groups is 1. The molecule has 0 aliphatic rings. The van der Waals surface area contributed by atoms with Crippen LogP contribution in [0.4, 0.5) is 10.1 Å². The highest BCUT2D eigenvalue weighted by molar-refractivity contribution is 6.06. The third-order valence-electron chi connectivity index (χ3n) is 3.21. The number of halogens is 1. The molecule has 22 heavy (non-hydrogen) atoms. The fourth-order valence-corrected chi connectivity index (χ4v) is 1.94. The summed E-state index contributed by atoms with van der Waals surface area (Å²) in [6, 6.07) is 13.1. The van der Waals surface area contributed by atoms with E-state index in [2.05, 4.69) is 19.2 Å². The van der Waals surface area contributed by atoms with Crippen molar-refractivity contribution in [3.63, 3.8) is 0 Å². The zero-order valence-corrected chi connectivity index (χ0v) is 12.8. The second-order valence-corrected chi connectivity index (χ2v) is 5.46. The molecule has 0 radical (unpaired) electrons. The summed E-state index contributed by atoms with van der Waals surface area (Å²) in [6.07, 6.45) is 0.906. The van der Waals surface area contributed by atoms with Crippen molar-refractivity contribution in [2.45, 2.75) is 20.3 Å². The van der Waals surface area contributed by atoms with Gasteiger partial charge in [0.2, 0.25) is 0 Å². The highest BCUT2D eigenvalue weighted by atomic mass is 19.1. The van der Waals surface area contributed by atoms with Crippen molar-refractivity contribution < 1.29 is 13.9 Å². The topological polar surface area (TPSA) is 38.3 Å². The molecular weight excluding hydrogens is 281 g/mol. The summed E-state index contributed by atoms with van der Waals surface area (Å²) in [4.78, 5) is 12.3. The van der Waals surface area contributed by atoms with Crippen molar-refractivity contribution in [3.8, 4) is 5.75 Å². The van der Waals surface area contributed by atoms with Crippen molar-refractivity contribution in [3.05, 3.63) is 59.9 Å². The molecule has 0 fully saturated rings. The van der Waals surface area contributed by atoms with E-state index in [-0.39, 0.29) is 11.6 Å². The number of hydrogen-bond donors (Lipinski definition) is 1. The first-order valence-electron chi connectivity index (χ1n) is 7.35. The molecule has 0 aromatic heterocycles. The summed E-state index contributed by atoms with van der Waals surface area (Å²) in [5.74, 6) is 0.190. The van der Waals surface area contributed by atoms with Gasteiger partial charge >= 0.3 is 0 Å². The molecule has 0 atom stereocenters. The predicted molar refractivity (Wildman–Crippen MR) is 85.7 cm³/mol. The van der Waals surface area contributed by atoms with E-state index in [9.17, 15) is 9.18 Å². The van der Waals surface area contributed by atoms with Crippen LogP contribution in [0.5, 0.6) is 5.75 Å². The summed E-state index contributed by atoms with van der Waals surface area (Å²) in [7, 11) is 0. The van der Waals surface area contributed by atoms with E-state index in [4.69, 9.17) is 4.74 Å². The fraction of sp³-hybridized carbons (Fsp3) is 0.278. The number of hydrogen-bond acceptors (Lipinski definition) is 2. The molecule has 3 nitrogen and oxygen atoms in total. The van der Waals surface area contributed by atoms with E-state index in [0.29, 0.717) is 23.8 Å². The Balaban J connectivity index is 2.11. The van der Waals surface area contributed by atoms with Gasteiger partial charge in [-0.1, -0.05) is 38.1 Å². The zero-order valence-electron chi connectivity index (χ0n) is 12.8. The third-order valence-corrected chi connectivity index (χ3v) is 3.21. The van der Waals surface area contributed by atoms with E-state index in [1.54, 1.807) is 30.3 Å². The number of carbonyl (C=O) groups excluding carboxylic acids is 1. The molecule has 0 heterocycles. The second kappa shape index (κ2) is 7.59. The van der Waals surface area contributed by atoms with Crippen LogP contribution in [-0.4, -0.2) is 12.5 Å². The summed E-state index contributed by atoms with van der Waals surface area (Å²) in [5, 5.41) is 2.57. The van der Waals surface area contributed by atoms with Crippen LogP contribution in [0.15, 0.2) is 48.5 Å². The Kier molecular flexibility index (Phi) is 5.53. The van der Waals surface area contributed by atoms with Gasteiger partial charge in [-0.2, -0.15) is 0 Å². The van der Waals surface area contributed by atoms with E-state index in [1.165, 1.54) is 12.1 Å². The largest absolute Gasteiger partial charge is 0.493 e. The third kappa shape index (κ3) is 4.32. The Hall–Kier alpha value is -2.36. The van der Waals surface area contributed by atoms with Gasteiger partial charge in [-0.05, 0) is 36.6 Å². The Morgan fingerprint density at radius 1 is 1.14 bits per heavy atom. The lowest BCUT2D eigenvalue weighted by molar-refractivity contribution is 0.102. The molecule has 0 spiro atoms. The summed E-state index contributed by atoms with van der Waals surface area (Å²) in [6.45, 7) is 4.77. The maximum atomic E-state index is 13.6. The van der Waals surface area contributed by atoms with Gasteiger partial charge in [0.1, 0.15) is 11.6 Å². The normalized spacial score (nSPS) is 10.5. The number of ether oxygens (including phenoxy) is 1. The number of nitrogens with one attached hydrogen (secondary N) is 1. The smallest absolute Gasteiger partial charge is 0.259 e. The summed E-state index contributed by atoms with van der Waals surface area (Å²) in [5.41, 5.74) is 0.555. The van der Waals surface area contributed by atoms with Crippen molar-refractivity contribution in [2.75, 3.05) is 11.9 Å². The molecule has 0 bridgehead atoms. The van der Waals surface area contributed by atoms with Crippen LogP contribution in [0.3, 0.4) is 0 Å². The van der Waals surface area contributed by atoms with Crippen LogP contribution in [0.25, 0.3) is 0 Å². The van der Waals surface area contributed by atoms with Gasteiger partial charge in [-0.25, -0.2) is 4.39 Å². The molecule has 116 valence electrons. The van der Waals surface area contributed by atoms with Crippen LogP contribution in [0.2, 0.25) is 0 Å². The molecule has 0 aliphatic heterocycles. The summed E-state index contributed by atoms with van der Waals surface area (Å²) < 4.78 is 19.3. The first kappa shape index (κ1) is 16.0. The molecule has 0 saturated heterocycles. The second-order valence-electron chi connectivity index (χ2n) is 5.46. The standard InChI is InChI=1S/C18H20FNO2/c1-13(2)11-12-22-17-10-6-3-7-14(17)18(21)20-16-9-5-4-8-15(16)19/h3-10,13H,11-12H2,1-2H3,(H,20,21). The molecule has 2 rings (SSSR count). The Bertz CT molecular complexity index is 640. The highest BCUT2D eigenvalue weighted by Crippen LogP contribution is 2.21. The minimum absolute atomic E-state index is 0.157. The lowest BCUT2D eigenvalue weighted by Crippen LogP contribution is -2.15. The van der Waals surface area contributed by atoms with Crippen molar-refractivity contribution >= 4 is 11.6 Å². The van der Waals surface area contributed by atoms with Crippen molar-refractivity contribution in [1.82, 2.24) is 0 Å². The van der Waals surface area contributed by atoms with Gasteiger partial charge in [0, 0.05) is 0 Å². The van der Waals surface area contributed by atoms with E-state index in [0.717, 1.165) is 6.42 Å². The molecule has 1 N–H and O–H groups in total. The van der Waals surface area contributed by atoms with Gasteiger partial charge in [0.25, 0.3) is 5.91 Å². The molecule has 4 heteroatoms. The monoisotopic (exact) mass is 301 g/mol. The van der Waals surface area contributed by atoms with Crippen LogP contribution in [0.1, 0.15) is 30.6 Å². The van der Waals surface area contributed by atoms with Gasteiger partial charge < -0.3 is 10.1 Å². The molecule has 0 aliphatic carbocycles. The maximum absolute atomic E-state index is 13.6. The minimum Gasteiger partial charge on any atom is -0.493 e. The number of para-hydroxylation sites is 2. The number of amides is 1. The first-order chi connectivity index (χ1) is 10.6. The average Bonchev–Trinajstić information content (AvgIpc) is 2.49. The number of rotatable bonds is 6. The Labute approximate surface area is 130 Å². The fourth-order valence-electron chi connectivity index (χ4n) is 1.94. The van der Waals surface area contributed by atoms with Crippen LogP contribution in [-0.2, 0) is 0 Å². The lowest BCUT2D eigenvalue weighted by atomic mass is 10.1. The quantitative estimate of drug-likeness (QED) is 0.853. The molecule has 2 aromatic rings. The number of benzene rings is 2. The van der Waals surface area contributed by atoms with Gasteiger partial charge in [-0.3, -0.25) is 4.79 Å². The molecule has 0 unspecified atom stereocenters. The zero-order chi connectivity index (χ0) is 15.9. The van der Waals surface area contributed by atoms with Gasteiger partial charge in [0.05, 0.1) is 17.9 Å². The minimum atomic E-state index is -0.464. The SMILES string of the molecule is CC(C)CCOc1ccccc1C(=O)Nc1ccccc1F. The van der Waals surface area contributed by atoms with Crippen LogP contribution < -0.4 is 10.1 Å². The molecule has 1 amide bonds. The van der Waals surface area contributed by atoms with E-state index in [1.807, 2.05) is 6.07 Å². The predicted octanol–water partition coefficient (Wildman–Crippen LogP) is 4.50. The van der Waals surface area contributed by atoms with Crippen molar-refractivity contribution in [1.29, 1.82) is 0 Å². The maximum Gasteiger partial charge on any atom is 0.259 e. The highest BCUT2D eigenvalue weighted by Gasteiger charge is 2.14. The Morgan fingerprint density at radius 3 is 2.55 bits per heavy atom. The van der Waals surface area contributed by atoms with Crippen molar-refractivity contribution in [2.24, 2.45) is 5.92 Å². The molecular formula is C18H20FNO2. The summed E-state index contributed by atoms with van der Waals surface area (Å²) >= 11 is 0. The van der Waals surface area contributed by atoms with Crippen LogP contribution in [0, 0.1) is 11.7 Å². The molecule has 0 saturated carbocycles. The van der Waals surface area contributed by atoms with E-state index < -0.39 is 5.82 Å². The average molecular weight is 301 g/mol. The number of anilines is 1. The van der Waals surface area contributed by atoms with Crippen LogP contribution >= 0.6 is 0 Å². The van der Waals surface area contributed by atoms with Gasteiger partial charge in [0.15, 0.2) is 0 Å². The lowest BCUT2D eigenvalue weighted by Gasteiger charge is -2.13. The molecule has 2 aromatic carbocycles.